The summed E-state index contributed by atoms with van der Waals surface area (Å²) < 4.78 is 61.0. The second kappa shape index (κ2) is 7.76. The molecule has 2 rings (SSSR count). The van der Waals surface area contributed by atoms with E-state index in [1.165, 1.54) is 6.08 Å². The number of rotatable bonds is 3. The van der Waals surface area contributed by atoms with Crippen LogP contribution in [0.15, 0.2) is 18.3 Å². The van der Waals surface area contributed by atoms with Gasteiger partial charge in [-0.25, -0.2) is 13.3 Å². The zero-order valence-electron chi connectivity index (χ0n) is 12.6. The number of aryl methyl sites for hydroxylation is 2. The molecule has 0 fully saturated rings. The standard InChI is InChI=1S/C16H14F4NO.HI/c1-9-6-7-21(2)10(8-9)4-5-11-12(17)14(19)16(22-3)15(20)13(11)18;/h4-8H,1-3H3;1H/q+1;/p-1/b5-4+;. The highest BCUT2D eigenvalue weighted by molar-refractivity contribution is 5.68. The molecule has 1 aromatic heterocycles. The van der Waals surface area contributed by atoms with Crippen LogP contribution in [0.2, 0.25) is 0 Å². The first-order valence-electron chi connectivity index (χ1n) is 6.41. The predicted molar refractivity (Wildman–Crippen MR) is 74.1 cm³/mol. The van der Waals surface area contributed by atoms with E-state index < -0.39 is 34.6 Å². The summed E-state index contributed by atoms with van der Waals surface area (Å²) in [7, 11) is 2.67. The van der Waals surface area contributed by atoms with E-state index >= 15 is 0 Å². The monoisotopic (exact) mass is 439 g/mol. The molecule has 0 saturated heterocycles. The summed E-state index contributed by atoms with van der Waals surface area (Å²) in [6.45, 7) is 1.85. The van der Waals surface area contributed by atoms with Crippen molar-refractivity contribution < 1.29 is 50.8 Å². The number of halogens is 5. The van der Waals surface area contributed by atoms with Crippen molar-refractivity contribution in [2.24, 2.45) is 7.05 Å². The van der Waals surface area contributed by atoms with Gasteiger partial charge in [0, 0.05) is 18.2 Å². The van der Waals surface area contributed by atoms with Crippen molar-refractivity contribution in [2.75, 3.05) is 7.11 Å². The van der Waals surface area contributed by atoms with Crippen molar-refractivity contribution in [2.45, 2.75) is 6.92 Å². The molecular formula is C16H14F4INO. The molecular weight excluding hydrogens is 425 g/mol. The SMILES string of the molecule is COc1c(F)c(F)c(/C=C/c2cc(C)cc[n+]2C)c(F)c1F.[I-]. The Balaban J connectivity index is 0.00000264. The maximum Gasteiger partial charge on any atom is 0.205 e. The third-order valence-electron chi connectivity index (χ3n) is 3.23. The van der Waals surface area contributed by atoms with Crippen LogP contribution in [0.3, 0.4) is 0 Å². The van der Waals surface area contributed by atoms with Crippen LogP contribution >= 0.6 is 0 Å². The van der Waals surface area contributed by atoms with Gasteiger partial charge >= 0.3 is 0 Å². The number of hydrogen-bond acceptors (Lipinski definition) is 1. The first-order chi connectivity index (χ1) is 10.4. The van der Waals surface area contributed by atoms with Crippen molar-refractivity contribution in [3.8, 4) is 5.75 Å². The number of benzene rings is 1. The Morgan fingerprint density at radius 1 is 1.00 bits per heavy atom. The van der Waals surface area contributed by atoms with E-state index in [1.54, 1.807) is 23.9 Å². The van der Waals surface area contributed by atoms with Crippen LogP contribution in [0.1, 0.15) is 16.8 Å². The third-order valence-corrected chi connectivity index (χ3v) is 3.23. The molecule has 7 heteroatoms. The van der Waals surface area contributed by atoms with Gasteiger partial charge in [0.15, 0.2) is 23.6 Å². The minimum Gasteiger partial charge on any atom is -1.00 e. The van der Waals surface area contributed by atoms with Gasteiger partial charge < -0.3 is 28.7 Å². The normalized spacial score (nSPS) is 10.7. The van der Waals surface area contributed by atoms with Gasteiger partial charge in [-0.15, -0.1) is 0 Å². The average Bonchev–Trinajstić information content (AvgIpc) is 2.49. The van der Waals surface area contributed by atoms with Crippen molar-refractivity contribution in [3.63, 3.8) is 0 Å². The first kappa shape index (κ1) is 19.4. The maximum absolute atomic E-state index is 13.9. The van der Waals surface area contributed by atoms with Crippen molar-refractivity contribution in [1.82, 2.24) is 0 Å². The molecule has 0 spiro atoms. The molecule has 0 unspecified atom stereocenters. The number of nitrogens with zero attached hydrogens (tertiary/aromatic N) is 1. The highest BCUT2D eigenvalue weighted by Crippen LogP contribution is 2.30. The molecule has 2 aromatic rings. The fourth-order valence-corrected chi connectivity index (χ4v) is 1.99. The number of pyridine rings is 1. The van der Waals surface area contributed by atoms with Gasteiger partial charge in [0.25, 0.3) is 0 Å². The van der Waals surface area contributed by atoms with Crippen LogP contribution in [-0.2, 0) is 7.05 Å². The molecule has 0 saturated carbocycles. The lowest BCUT2D eigenvalue weighted by atomic mass is 10.1. The molecule has 1 aromatic carbocycles. The summed E-state index contributed by atoms with van der Waals surface area (Å²) in [5, 5.41) is 0. The predicted octanol–water partition coefficient (Wildman–Crippen LogP) is 0.559. The van der Waals surface area contributed by atoms with Crippen molar-refractivity contribution in [3.05, 3.63) is 58.4 Å². The summed E-state index contributed by atoms with van der Waals surface area (Å²) in [6, 6.07) is 3.62. The van der Waals surface area contributed by atoms with Crippen LogP contribution in [0, 0.1) is 30.2 Å². The highest BCUT2D eigenvalue weighted by Gasteiger charge is 2.24. The molecule has 0 atom stereocenters. The topological polar surface area (TPSA) is 13.1 Å². The largest absolute Gasteiger partial charge is 1.00 e. The van der Waals surface area contributed by atoms with Gasteiger partial charge in [-0.05, 0) is 18.6 Å². The lowest BCUT2D eigenvalue weighted by Crippen LogP contribution is -3.00. The lowest BCUT2D eigenvalue weighted by molar-refractivity contribution is -0.673. The van der Waals surface area contributed by atoms with E-state index in [-0.39, 0.29) is 24.0 Å². The summed E-state index contributed by atoms with van der Waals surface area (Å²) in [4.78, 5) is 0. The Hall–Kier alpha value is -1.64. The zero-order valence-corrected chi connectivity index (χ0v) is 14.8. The van der Waals surface area contributed by atoms with E-state index in [0.29, 0.717) is 5.69 Å². The smallest absolute Gasteiger partial charge is 0.205 e. The fraction of sp³-hybridized carbons (Fsp3) is 0.188. The van der Waals surface area contributed by atoms with E-state index in [2.05, 4.69) is 4.74 Å². The second-order valence-corrected chi connectivity index (χ2v) is 4.78. The lowest BCUT2D eigenvalue weighted by Gasteiger charge is -2.08. The van der Waals surface area contributed by atoms with Gasteiger partial charge in [-0.1, -0.05) is 0 Å². The Morgan fingerprint density at radius 2 is 1.57 bits per heavy atom. The highest BCUT2D eigenvalue weighted by atomic mass is 127. The van der Waals surface area contributed by atoms with Crippen LogP contribution < -0.4 is 33.3 Å². The quantitative estimate of drug-likeness (QED) is 0.295. The fourth-order valence-electron chi connectivity index (χ4n) is 1.99. The minimum atomic E-state index is -1.56. The van der Waals surface area contributed by atoms with E-state index in [1.807, 2.05) is 13.0 Å². The van der Waals surface area contributed by atoms with Crippen LogP contribution in [0.25, 0.3) is 12.2 Å². The Kier molecular flexibility index (Phi) is 6.55. The van der Waals surface area contributed by atoms with E-state index in [9.17, 15) is 17.6 Å². The van der Waals surface area contributed by atoms with Crippen molar-refractivity contribution in [1.29, 1.82) is 0 Å². The molecule has 0 N–H and O–H groups in total. The van der Waals surface area contributed by atoms with Gasteiger partial charge in [-0.3, -0.25) is 0 Å². The van der Waals surface area contributed by atoms with Crippen LogP contribution in [-0.4, -0.2) is 7.11 Å². The van der Waals surface area contributed by atoms with E-state index in [4.69, 9.17) is 0 Å². The Bertz CT molecular complexity index is 733. The number of ether oxygens (including phenoxy) is 1. The second-order valence-electron chi connectivity index (χ2n) is 4.78. The number of methoxy groups -OCH3 is 1. The van der Waals surface area contributed by atoms with Crippen LogP contribution in [0.4, 0.5) is 17.6 Å². The third kappa shape index (κ3) is 3.82. The first-order valence-corrected chi connectivity index (χ1v) is 6.41. The number of hydrogen-bond donors (Lipinski definition) is 0. The molecule has 2 nitrogen and oxygen atoms in total. The molecule has 0 aliphatic carbocycles. The molecule has 0 aliphatic rings. The molecule has 1 heterocycles. The van der Waals surface area contributed by atoms with Crippen LogP contribution in [0.5, 0.6) is 5.75 Å². The molecule has 0 amide bonds. The zero-order chi connectivity index (χ0) is 16.4. The molecule has 0 bridgehead atoms. The summed E-state index contributed by atoms with van der Waals surface area (Å²) in [5.41, 5.74) is 0.763. The summed E-state index contributed by atoms with van der Waals surface area (Å²) >= 11 is 0. The van der Waals surface area contributed by atoms with Crippen molar-refractivity contribution >= 4 is 12.2 Å². The molecule has 0 radical (unpaired) electrons. The minimum absolute atomic E-state index is 0. The molecule has 23 heavy (non-hydrogen) atoms. The Labute approximate surface area is 148 Å². The molecule has 0 aliphatic heterocycles. The van der Waals surface area contributed by atoms with Gasteiger partial charge in [0.05, 0.1) is 12.7 Å². The van der Waals surface area contributed by atoms with Gasteiger partial charge in [-0.2, -0.15) is 8.78 Å². The maximum atomic E-state index is 13.9. The molecule has 124 valence electrons. The summed E-state index contributed by atoms with van der Waals surface area (Å²) in [6.07, 6.45) is 4.13. The van der Waals surface area contributed by atoms with E-state index in [0.717, 1.165) is 18.7 Å². The number of aromatic nitrogens is 1. The van der Waals surface area contributed by atoms with Gasteiger partial charge in [0.2, 0.25) is 17.3 Å². The van der Waals surface area contributed by atoms with Gasteiger partial charge in [0.1, 0.15) is 7.05 Å². The average molecular weight is 439 g/mol. The Morgan fingerprint density at radius 3 is 2.09 bits per heavy atom. The summed E-state index contributed by atoms with van der Waals surface area (Å²) in [5.74, 6) is -7.19.